The molecule has 0 fully saturated rings. The van der Waals surface area contributed by atoms with Crippen LogP contribution in [-0.4, -0.2) is 209 Å². The molecular weight excluding hydrogens is 1790 g/mol. The number of aryl methyl sites for hydroxylation is 1. The van der Waals surface area contributed by atoms with Crippen molar-refractivity contribution in [2.24, 2.45) is 17.6 Å². The minimum Gasteiger partial charge on any atom is -0.330 e. The summed E-state index contributed by atoms with van der Waals surface area (Å²) >= 11 is 0. The molecule has 146 heavy (non-hydrogen) atoms. The summed E-state index contributed by atoms with van der Waals surface area (Å²) in [7, 11) is 0. The van der Waals surface area contributed by atoms with Gasteiger partial charge in [0, 0.05) is 38.6 Å². The molecule has 18 N–H and O–H groups in total. The molecule has 0 saturated carbocycles. The first-order valence-corrected chi connectivity index (χ1v) is 60.3. The van der Waals surface area contributed by atoms with E-state index in [1.165, 1.54) is 319 Å². The molecule has 0 aliphatic rings. The smallest absolute Gasteiger partial charge is 0.0211 e. The van der Waals surface area contributed by atoms with Crippen LogP contribution in [0.2, 0.25) is 0 Å². The normalized spacial score (nSPS) is 11.1. The molecule has 0 unspecified atom stereocenters. The van der Waals surface area contributed by atoms with Gasteiger partial charge in [-0.1, -0.05) is 396 Å². The fraction of sp³-hybridized carbons (Fsp3) is 0.674. The summed E-state index contributed by atoms with van der Waals surface area (Å²) in [4.78, 5) is 0. The third kappa shape index (κ3) is 90.6. The SMILES string of the molecule is C=C(CNCC)CNCCCNCCCNCC.CC(C)=CCNCCCNCCCNCCCNCC=C(C)C.CCC(CC)CNCCCCNCCCNCC(CC)CC.CCCCCCCCCCCCCCCCCCCN.CCNCCCNCCCCNCCC(c1ccccc1)c1ccccc1.c1ccc(-c2ccccc2CCCCCCNCCCNCc2ccccc2-c2ccccc2)cc1. The van der Waals surface area contributed by atoms with Crippen LogP contribution in [0.1, 0.15) is 355 Å². The average Bonchev–Trinajstić information content (AvgIpc) is 0.862. The zero-order valence-electron chi connectivity index (χ0n) is 96.7. The Bertz CT molecular complexity index is 3440. The molecular formula is C129H233N17. The Kier molecular flexibility index (Phi) is 105. The maximum absolute atomic E-state index is 5.49. The lowest BCUT2D eigenvalue weighted by atomic mass is 9.88. The second-order valence-corrected chi connectivity index (χ2v) is 40.6. The molecule has 0 heterocycles. The summed E-state index contributed by atoms with van der Waals surface area (Å²) in [6.45, 7) is 66.0. The second-order valence-electron chi connectivity index (χ2n) is 40.6. The number of hydrogen-bond acceptors (Lipinski definition) is 17. The van der Waals surface area contributed by atoms with E-state index in [1.54, 1.807) is 0 Å². The quantitative estimate of drug-likeness (QED) is 0.0126. The highest BCUT2D eigenvalue weighted by molar-refractivity contribution is 5.68. The molecule has 6 aromatic rings. The highest BCUT2D eigenvalue weighted by Gasteiger charge is 2.15. The van der Waals surface area contributed by atoms with Gasteiger partial charge in [0.05, 0.1) is 0 Å². The van der Waals surface area contributed by atoms with E-state index in [9.17, 15) is 0 Å². The molecule has 6 rings (SSSR count). The highest BCUT2D eigenvalue weighted by Crippen LogP contribution is 2.29. The molecule has 0 aromatic heterocycles. The lowest BCUT2D eigenvalue weighted by molar-refractivity contribution is 0.440. The third-order valence-corrected chi connectivity index (χ3v) is 26.9. The largest absolute Gasteiger partial charge is 0.330 e. The summed E-state index contributed by atoms with van der Waals surface area (Å²) in [5, 5.41) is 55.8. The monoisotopic (exact) mass is 2020 g/mol. The Balaban J connectivity index is 0.000000892. The predicted molar refractivity (Wildman–Crippen MR) is 652 cm³/mol. The van der Waals surface area contributed by atoms with Gasteiger partial charge in [0.1, 0.15) is 0 Å². The topological polar surface area (TPSA) is 218 Å². The second kappa shape index (κ2) is 111. The number of rotatable bonds is 94. The standard InChI is InChI=1S/C34H40N2.C24H37N3.C19H40N4.C19H43N3.C19H41N.C14H32N4/c1(5-16-30-21-10-12-23-33(30)29-17-6-3-7-18-29)2-14-25-35-26-15-27-36-28-32-22-11-13-24-34(32)31-19-8-4-9-20-31;1-2-25-19-11-20-26-17-9-10-18-27-21-16-24(22-12-5-3-6-13-22)23-14-7-4-8-15-23;1-18(2)8-16-22-14-6-12-20-10-5-11-21-13-7-15-23-17-9-19(3)4;1-5-18(6-2)16-21-13-10-9-12-20-14-11-15-22-17-19(7-3)8-4;1-2-3-4-5-6-7-8-9-10-11-12-13-14-15-16-17-18-19-20;1-4-15-8-6-9-17-10-7-11-18-13-14(3)12-16-5-2/h3-4,6-13,17-24,35-36H,1-2,5,14-16,25-28H2;3-8,12-15,24-27H,2,9-11,16-21H2,1H3;8-9,20-23H,5-7,10-17H2,1-4H3;18-22H,5-17H2,1-4H3;2-20H2,1H3;15-18H,3-13H2,1-2H3. The van der Waals surface area contributed by atoms with Crippen molar-refractivity contribution in [1.29, 1.82) is 0 Å². The van der Waals surface area contributed by atoms with Gasteiger partial charge >= 0.3 is 0 Å². The molecule has 0 bridgehead atoms. The Hall–Kier alpha value is -6.14. The van der Waals surface area contributed by atoms with E-state index in [0.717, 1.165) is 221 Å². The number of hydrogen-bond donors (Lipinski definition) is 17. The van der Waals surface area contributed by atoms with Crippen LogP contribution in [0.15, 0.2) is 205 Å². The molecule has 0 amide bonds. The van der Waals surface area contributed by atoms with Crippen molar-refractivity contribution in [2.45, 2.75) is 346 Å². The van der Waals surface area contributed by atoms with E-state index < -0.39 is 0 Å². The van der Waals surface area contributed by atoms with E-state index in [2.05, 4.69) is 357 Å². The van der Waals surface area contributed by atoms with Crippen molar-refractivity contribution in [3.8, 4) is 22.3 Å². The van der Waals surface area contributed by atoms with Crippen LogP contribution >= 0.6 is 0 Å². The summed E-state index contributed by atoms with van der Waals surface area (Å²) in [5.74, 6) is 2.20. The molecule has 17 heteroatoms. The van der Waals surface area contributed by atoms with Gasteiger partial charge in [0.15, 0.2) is 0 Å². The van der Waals surface area contributed by atoms with Crippen molar-refractivity contribution in [3.63, 3.8) is 0 Å². The van der Waals surface area contributed by atoms with Gasteiger partial charge in [-0.3, -0.25) is 0 Å². The molecule has 6 aromatic carbocycles. The van der Waals surface area contributed by atoms with Crippen molar-refractivity contribution in [1.82, 2.24) is 85.1 Å². The van der Waals surface area contributed by atoms with E-state index >= 15 is 0 Å². The van der Waals surface area contributed by atoms with Gasteiger partial charge in [0.2, 0.25) is 0 Å². The van der Waals surface area contributed by atoms with Crippen LogP contribution in [0.5, 0.6) is 0 Å². The number of allylic oxidation sites excluding steroid dienone is 2. The van der Waals surface area contributed by atoms with Crippen LogP contribution in [0.25, 0.3) is 22.3 Å². The molecule has 0 radical (unpaired) electrons. The lowest BCUT2D eigenvalue weighted by Crippen LogP contribution is -2.27. The van der Waals surface area contributed by atoms with Crippen molar-refractivity contribution < 1.29 is 0 Å². The Morgan fingerprint density at radius 1 is 0.260 bits per heavy atom. The summed E-state index contributed by atoms with van der Waals surface area (Å²) in [6.07, 6.45) is 56.1. The first-order valence-electron chi connectivity index (χ1n) is 60.3. The first kappa shape index (κ1) is 138. The van der Waals surface area contributed by atoms with Crippen LogP contribution in [0, 0.1) is 11.8 Å². The van der Waals surface area contributed by atoms with Crippen molar-refractivity contribution >= 4 is 0 Å². The predicted octanol–water partition coefficient (Wildman–Crippen LogP) is 25.6. The van der Waals surface area contributed by atoms with Crippen LogP contribution in [-0.2, 0) is 13.0 Å². The third-order valence-electron chi connectivity index (χ3n) is 26.9. The van der Waals surface area contributed by atoms with Crippen LogP contribution in [0.4, 0.5) is 0 Å². The van der Waals surface area contributed by atoms with Gasteiger partial charge in [-0.05, 0) is 382 Å². The van der Waals surface area contributed by atoms with E-state index in [1.807, 2.05) is 0 Å². The van der Waals surface area contributed by atoms with Gasteiger partial charge in [-0.25, -0.2) is 0 Å². The van der Waals surface area contributed by atoms with Crippen LogP contribution < -0.4 is 90.8 Å². The fourth-order valence-electron chi connectivity index (χ4n) is 17.5. The number of unbranched alkanes of at least 4 members (excludes halogenated alkanes) is 21. The van der Waals surface area contributed by atoms with Crippen LogP contribution in [0.3, 0.4) is 0 Å². The Morgan fingerprint density at radius 2 is 0.541 bits per heavy atom. The zero-order valence-corrected chi connectivity index (χ0v) is 96.7. The molecule has 0 aliphatic heterocycles. The fourth-order valence-corrected chi connectivity index (χ4v) is 17.5. The van der Waals surface area contributed by atoms with E-state index in [4.69, 9.17) is 5.73 Å². The highest BCUT2D eigenvalue weighted by atomic mass is 14.9. The average molecular weight is 2020 g/mol. The molecule has 0 saturated heterocycles. The Labute approximate surface area is 902 Å². The first-order chi connectivity index (χ1) is 72.0. The number of likely N-dealkylation sites (N-methyl/N-ethyl adjacent to an activating group) is 1. The number of nitrogens with one attached hydrogen (secondary N) is 16. The number of nitrogens with two attached hydrogens (primary N) is 1. The molecule has 0 spiro atoms. The molecule has 0 atom stereocenters. The molecule has 0 aliphatic carbocycles. The summed E-state index contributed by atoms with van der Waals surface area (Å²) in [6, 6.07) is 60.8. The maximum Gasteiger partial charge on any atom is 0.0211 e. The number of benzene rings is 6. The van der Waals surface area contributed by atoms with Gasteiger partial charge in [-0.15, -0.1) is 0 Å². The van der Waals surface area contributed by atoms with Crippen molar-refractivity contribution in [2.75, 3.05) is 209 Å². The van der Waals surface area contributed by atoms with Gasteiger partial charge in [-0.2, -0.15) is 0 Å². The summed E-state index contributed by atoms with van der Waals surface area (Å²) < 4.78 is 0. The minimum absolute atomic E-state index is 0.471. The zero-order chi connectivity index (χ0) is 106. The molecule has 17 nitrogen and oxygen atoms in total. The molecule has 834 valence electrons. The Morgan fingerprint density at radius 3 is 0.918 bits per heavy atom. The van der Waals surface area contributed by atoms with E-state index in [0.29, 0.717) is 5.92 Å². The minimum atomic E-state index is 0.471. The van der Waals surface area contributed by atoms with Gasteiger partial charge < -0.3 is 90.8 Å². The summed E-state index contributed by atoms with van der Waals surface area (Å²) in [5.41, 5.74) is 20.5. The van der Waals surface area contributed by atoms with Gasteiger partial charge in [0.25, 0.3) is 0 Å². The van der Waals surface area contributed by atoms with E-state index in [-0.39, 0.29) is 0 Å². The lowest BCUT2D eigenvalue weighted by Gasteiger charge is -2.18. The van der Waals surface area contributed by atoms with Crippen molar-refractivity contribution in [3.05, 3.63) is 228 Å². The maximum atomic E-state index is 5.49.